The molecular weight excluding hydrogens is 421 g/mol. The summed E-state index contributed by atoms with van der Waals surface area (Å²) in [5.74, 6) is 2.55. The van der Waals surface area contributed by atoms with Gasteiger partial charge in [-0.15, -0.1) is 0 Å². The second kappa shape index (κ2) is 9.65. The molecule has 0 atom stereocenters. The maximum Gasteiger partial charge on any atom is 1.00 e. The number of nitrogens with zero attached hydrogens (tertiary/aromatic N) is 5. The first-order valence-corrected chi connectivity index (χ1v) is 10.5. The Labute approximate surface area is 233 Å². The van der Waals surface area contributed by atoms with Crippen molar-refractivity contribution < 1.29 is 51.4 Å². The third-order valence-electron chi connectivity index (χ3n) is 5.28. The minimum absolute atomic E-state index is 0. The van der Waals surface area contributed by atoms with Crippen LogP contribution in [0.15, 0.2) is 70.9 Å². The topological polar surface area (TPSA) is 64.6 Å². The quantitative estimate of drug-likeness (QED) is 0.561. The predicted molar refractivity (Wildman–Crippen MR) is 128 cm³/mol. The van der Waals surface area contributed by atoms with Crippen LogP contribution < -0.4 is 51.4 Å². The van der Waals surface area contributed by atoms with Crippen LogP contribution in [0.2, 0.25) is 0 Å². The third-order valence-corrected chi connectivity index (χ3v) is 5.28. The first kappa shape index (κ1) is 24.9. The molecule has 6 heteroatoms. The number of fused-ring (bicyclic) bond motifs is 1. The van der Waals surface area contributed by atoms with Crippen LogP contribution in [-0.2, 0) is 10.8 Å². The summed E-state index contributed by atoms with van der Waals surface area (Å²) in [7, 11) is 0. The Kier molecular flexibility index (Phi) is 7.52. The summed E-state index contributed by atoms with van der Waals surface area (Å²) in [4.78, 5) is 18.4. The third kappa shape index (κ3) is 5.61. The summed E-state index contributed by atoms with van der Waals surface area (Å²) in [6.45, 7) is 13.1. The fraction of sp³-hybridized carbons (Fsp3) is 0.308. The summed E-state index contributed by atoms with van der Waals surface area (Å²) >= 11 is 0. The molecule has 1 aliphatic rings. The second-order valence-electron chi connectivity index (χ2n) is 9.83. The molecule has 1 aromatic carbocycles. The molecule has 4 rings (SSSR count). The fourth-order valence-corrected chi connectivity index (χ4v) is 3.37. The van der Waals surface area contributed by atoms with E-state index in [1.54, 1.807) is 12.4 Å². The molecule has 0 saturated heterocycles. The van der Waals surface area contributed by atoms with Gasteiger partial charge in [0.05, 0.1) is 11.6 Å². The van der Waals surface area contributed by atoms with Crippen molar-refractivity contribution in [1.82, 2.24) is 9.97 Å². The zero-order chi connectivity index (χ0) is 22.2. The Morgan fingerprint density at radius 1 is 0.656 bits per heavy atom. The number of hydrogen-bond acceptors (Lipinski definition) is 4. The van der Waals surface area contributed by atoms with E-state index in [9.17, 15) is 0 Å². The molecule has 0 aliphatic carbocycles. The van der Waals surface area contributed by atoms with E-state index in [1.807, 2.05) is 48.5 Å². The molecule has 0 amide bonds. The number of aromatic nitrogens is 2. The average molecular weight is 450 g/mol. The molecule has 3 heterocycles. The molecule has 0 unspecified atom stereocenters. The van der Waals surface area contributed by atoms with Crippen LogP contribution in [0.3, 0.4) is 0 Å². The largest absolute Gasteiger partial charge is 1.00 e. The Balaban J connectivity index is 0.00000289. The van der Waals surface area contributed by atoms with Gasteiger partial charge in [-0.3, -0.25) is 9.97 Å². The zero-order valence-electron chi connectivity index (χ0n) is 20.0. The van der Waals surface area contributed by atoms with Crippen LogP contribution in [0.1, 0.15) is 63.8 Å². The molecule has 3 aromatic rings. The molecule has 158 valence electrons. The van der Waals surface area contributed by atoms with Crippen LogP contribution in [0.25, 0.3) is 5.32 Å². The van der Waals surface area contributed by atoms with Crippen molar-refractivity contribution >= 4 is 23.3 Å². The van der Waals surface area contributed by atoms with Crippen molar-refractivity contribution in [2.24, 2.45) is 9.98 Å². The van der Waals surface area contributed by atoms with Crippen LogP contribution in [0.4, 0.5) is 11.6 Å². The van der Waals surface area contributed by atoms with E-state index in [-0.39, 0.29) is 62.2 Å². The molecule has 0 saturated carbocycles. The first-order valence-electron chi connectivity index (χ1n) is 10.5. The van der Waals surface area contributed by atoms with Crippen LogP contribution in [0.5, 0.6) is 0 Å². The SMILES string of the molecule is CC(C)(C)c1ccnc(N=C2[N-]C(=Nc3cc(C(C)(C)C)ccn3)c3ccccc32)c1.[K+]. The normalized spacial score (nSPS) is 15.9. The molecule has 0 spiro atoms. The molecule has 1 aliphatic heterocycles. The molecule has 0 bridgehead atoms. The van der Waals surface area contributed by atoms with Gasteiger partial charge in [0.1, 0.15) is 0 Å². The van der Waals surface area contributed by atoms with Crippen LogP contribution in [0, 0.1) is 0 Å². The first-order chi connectivity index (χ1) is 14.6. The minimum Gasteiger partial charge on any atom is -0.357 e. The average Bonchev–Trinajstić information content (AvgIpc) is 3.05. The summed E-state index contributed by atoms with van der Waals surface area (Å²) in [5, 5.41) is 4.75. The Morgan fingerprint density at radius 3 is 1.44 bits per heavy atom. The van der Waals surface area contributed by atoms with Crippen molar-refractivity contribution in [3.8, 4) is 0 Å². The Bertz CT molecular complexity index is 1090. The molecular formula is C26H28KN5. The van der Waals surface area contributed by atoms with E-state index in [4.69, 9.17) is 15.3 Å². The summed E-state index contributed by atoms with van der Waals surface area (Å²) < 4.78 is 0. The van der Waals surface area contributed by atoms with Gasteiger partial charge >= 0.3 is 51.4 Å². The monoisotopic (exact) mass is 449 g/mol. The number of aliphatic imine (C=N–C) groups is 2. The maximum absolute atomic E-state index is 4.76. The van der Waals surface area contributed by atoms with Crippen molar-refractivity contribution in [1.29, 1.82) is 0 Å². The molecule has 0 radical (unpaired) electrons. The smallest absolute Gasteiger partial charge is 0.357 e. The van der Waals surface area contributed by atoms with Gasteiger partial charge in [-0.25, -0.2) is 0 Å². The predicted octanol–water partition coefficient (Wildman–Crippen LogP) is 3.62. The maximum atomic E-state index is 4.76. The van der Waals surface area contributed by atoms with Crippen molar-refractivity contribution in [2.75, 3.05) is 0 Å². The van der Waals surface area contributed by atoms with E-state index in [0.29, 0.717) is 23.3 Å². The van der Waals surface area contributed by atoms with Gasteiger partial charge in [-0.05, 0) is 57.3 Å². The molecule has 0 N–H and O–H groups in total. The van der Waals surface area contributed by atoms with Gasteiger partial charge in [-0.1, -0.05) is 65.8 Å². The van der Waals surface area contributed by atoms with Crippen molar-refractivity contribution in [2.45, 2.75) is 52.4 Å². The molecule has 2 aromatic heterocycles. The molecule has 0 fully saturated rings. The summed E-state index contributed by atoms with van der Waals surface area (Å²) in [6.07, 6.45) is 3.61. The number of benzene rings is 1. The van der Waals surface area contributed by atoms with Gasteiger partial charge < -0.3 is 15.3 Å². The van der Waals surface area contributed by atoms with Gasteiger partial charge in [-0.2, -0.15) is 0 Å². The van der Waals surface area contributed by atoms with E-state index >= 15 is 0 Å². The number of rotatable bonds is 2. The molecule has 32 heavy (non-hydrogen) atoms. The van der Waals surface area contributed by atoms with Gasteiger partial charge in [0.25, 0.3) is 0 Å². The minimum atomic E-state index is 0. The van der Waals surface area contributed by atoms with Gasteiger partial charge in [0, 0.05) is 24.1 Å². The van der Waals surface area contributed by atoms with E-state index in [0.717, 1.165) is 11.1 Å². The van der Waals surface area contributed by atoms with Crippen LogP contribution >= 0.6 is 0 Å². The van der Waals surface area contributed by atoms with E-state index in [2.05, 4.69) is 51.5 Å². The molecule has 5 nitrogen and oxygen atoms in total. The van der Waals surface area contributed by atoms with Crippen molar-refractivity contribution in [3.63, 3.8) is 0 Å². The summed E-state index contributed by atoms with van der Waals surface area (Å²) in [6, 6.07) is 16.1. The fourth-order valence-electron chi connectivity index (χ4n) is 3.37. The number of hydrogen-bond donors (Lipinski definition) is 0. The Hall–Kier alpha value is -1.70. The summed E-state index contributed by atoms with van der Waals surface area (Å²) in [5.41, 5.74) is 4.33. The van der Waals surface area contributed by atoms with E-state index < -0.39 is 0 Å². The second-order valence-corrected chi connectivity index (χ2v) is 9.83. The standard InChI is InChI=1S/C26H28N5.K/c1-25(2,3)17-11-13-27-21(15-17)29-23-19-9-7-8-10-20(19)24(31-23)30-22-16-18(12-14-28-22)26(4,5)6;/h7-16H,1-6H3;/q-1;+1. The number of amidine groups is 2. The Morgan fingerprint density at radius 2 is 1.06 bits per heavy atom. The zero-order valence-corrected chi connectivity index (χ0v) is 23.1. The van der Waals surface area contributed by atoms with Gasteiger partial charge in [0.2, 0.25) is 0 Å². The number of pyridine rings is 2. The van der Waals surface area contributed by atoms with E-state index in [1.165, 1.54) is 11.1 Å². The van der Waals surface area contributed by atoms with Gasteiger partial charge in [0.15, 0.2) is 0 Å². The van der Waals surface area contributed by atoms with Crippen molar-refractivity contribution in [3.05, 3.63) is 88.5 Å². The van der Waals surface area contributed by atoms with Crippen LogP contribution in [-0.4, -0.2) is 21.6 Å².